The lowest BCUT2D eigenvalue weighted by atomic mass is 10.1. The highest BCUT2D eigenvalue weighted by Gasteiger charge is 2.19. The average Bonchev–Trinajstić information content (AvgIpc) is 2.93. The van der Waals surface area contributed by atoms with E-state index >= 15 is 0 Å². The van der Waals surface area contributed by atoms with Crippen molar-refractivity contribution in [2.45, 2.75) is 46.6 Å². The molecule has 25 heavy (non-hydrogen) atoms. The number of aromatic nitrogens is 2. The molecule has 0 aliphatic carbocycles. The Balaban J connectivity index is 2.16. The highest BCUT2D eigenvalue weighted by Crippen LogP contribution is 2.17. The van der Waals surface area contributed by atoms with Gasteiger partial charge in [-0.3, -0.25) is 14.7 Å². The van der Waals surface area contributed by atoms with E-state index in [1.807, 2.05) is 20.8 Å². The SMILES string of the molecule is CC(C)Cc1cc(C(=O)Nc2ccccc2C(=O)NC(C)(C)C)n[nH]1. The number of carbonyl (C=O) groups is 2. The molecule has 0 saturated heterocycles. The lowest BCUT2D eigenvalue weighted by molar-refractivity contribution is 0.0920. The van der Waals surface area contributed by atoms with Crippen molar-refractivity contribution >= 4 is 17.5 Å². The third kappa shape index (κ3) is 5.45. The number of amides is 2. The van der Waals surface area contributed by atoms with Gasteiger partial charge in [0.25, 0.3) is 11.8 Å². The largest absolute Gasteiger partial charge is 0.347 e. The van der Waals surface area contributed by atoms with Crippen LogP contribution in [0.4, 0.5) is 5.69 Å². The number of H-pyrrole nitrogens is 1. The summed E-state index contributed by atoms with van der Waals surface area (Å²) in [6.07, 6.45) is 0.824. The zero-order chi connectivity index (χ0) is 18.6. The van der Waals surface area contributed by atoms with E-state index < -0.39 is 0 Å². The molecule has 2 aromatic rings. The molecule has 1 heterocycles. The number of hydrogen-bond acceptors (Lipinski definition) is 3. The first-order chi connectivity index (χ1) is 11.7. The lowest BCUT2D eigenvalue weighted by Gasteiger charge is -2.21. The van der Waals surface area contributed by atoms with E-state index in [1.165, 1.54) is 0 Å². The maximum Gasteiger partial charge on any atom is 0.276 e. The van der Waals surface area contributed by atoms with E-state index in [4.69, 9.17) is 0 Å². The molecule has 0 aliphatic heterocycles. The van der Waals surface area contributed by atoms with E-state index in [-0.39, 0.29) is 17.4 Å². The Bertz CT molecular complexity index is 757. The molecule has 0 unspecified atom stereocenters. The van der Waals surface area contributed by atoms with Crippen molar-refractivity contribution in [1.82, 2.24) is 15.5 Å². The monoisotopic (exact) mass is 342 g/mol. The van der Waals surface area contributed by atoms with Crippen molar-refractivity contribution in [3.63, 3.8) is 0 Å². The van der Waals surface area contributed by atoms with Gasteiger partial charge in [-0.25, -0.2) is 0 Å². The summed E-state index contributed by atoms with van der Waals surface area (Å²) in [7, 11) is 0. The minimum atomic E-state index is -0.359. The summed E-state index contributed by atoms with van der Waals surface area (Å²) < 4.78 is 0. The van der Waals surface area contributed by atoms with Gasteiger partial charge in [0.1, 0.15) is 0 Å². The first-order valence-corrected chi connectivity index (χ1v) is 8.43. The maximum atomic E-state index is 12.4. The number of benzene rings is 1. The van der Waals surface area contributed by atoms with Gasteiger partial charge in [0, 0.05) is 11.2 Å². The maximum absolute atomic E-state index is 12.4. The fourth-order valence-electron chi connectivity index (χ4n) is 2.41. The Morgan fingerprint density at radius 3 is 2.48 bits per heavy atom. The van der Waals surface area contributed by atoms with Gasteiger partial charge in [-0.2, -0.15) is 5.10 Å². The molecule has 6 heteroatoms. The van der Waals surface area contributed by atoms with Crippen LogP contribution in [0.15, 0.2) is 30.3 Å². The van der Waals surface area contributed by atoms with Crippen LogP contribution in [0.3, 0.4) is 0 Å². The summed E-state index contributed by atoms with van der Waals surface area (Å²) in [5.41, 5.74) is 1.74. The smallest absolute Gasteiger partial charge is 0.276 e. The molecule has 1 aromatic heterocycles. The highest BCUT2D eigenvalue weighted by atomic mass is 16.2. The van der Waals surface area contributed by atoms with E-state index in [2.05, 4.69) is 34.7 Å². The van der Waals surface area contributed by atoms with Crippen LogP contribution < -0.4 is 10.6 Å². The fraction of sp³-hybridized carbons (Fsp3) is 0.421. The van der Waals surface area contributed by atoms with Crippen LogP contribution in [0.25, 0.3) is 0 Å². The summed E-state index contributed by atoms with van der Waals surface area (Å²) >= 11 is 0. The quantitative estimate of drug-likeness (QED) is 0.778. The normalized spacial score (nSPS) is 11.4. The molecular formula is C19H26N4O2. The van der Waals surface area contributed by atoms with E-state index in [0.29, 0.717) is 22.9 Å². The predicted molar refractivity (Wildman–Crippen MR) is 98.7 cm³/mol. The Kier molecular flexibility index (Phi) is 5.62. The number of nitrogens with one attached hydrogen (secondary N) is 3. The number of carbonyl (C=O) groups excluding carboxylic acids is 2. The number of anilines is 1. The van der Waals surface area contributed by atoms with Crippen LogP contribution >= 0.6 is 0 Å². The van der Waals surface area contributed by atoms with Crippen molar-refractivity contribution in [1.29, 1.82) is 0 Å². The average molecular weight is 342 g/mol. The lowest BCUT2D eigenvalue weighted by Crippen LogP contribution is -2.40. The molecule has 0 spiro atoms. The molecule has 0 aliphatic rings. The summed E-state index contributed by atoms with van der Waals surface area (Å²) in [5.74, 6) is -0.105. The van der Waals surface area contributed by atoms with Crippen LogP contribution in [0.2, 0.25) is 0 Å². The van der Waals surface area contributed by atoms with Crippen LogP contribution in [0.5, 0.6) is 0 Å². The number of para-hydroxylation sites is 1. The van der Waals surface area contributed by atoms with E-state index in [1.54, 1.807) is 30.3 Å². The molecule has 0 bridgehead atoms. The van der Waals surface area contributed by atoms with Crippen molar-refractivity contribution in [3.8, 4) is 0 Å². The van der Waals surface area contributed by atoms with Gasteiger partial charge >= 0.3 is 0 Å². The van der Waals surface area contributed by atoms with Crippen molar-refractivity contribution < 1.29 is 9.59 Å². The predicted octanol–water partition coefficient (Wildman–Crippen LogP) is 3.39. The van der Waals surface area contributed by atoms with Crippen molar-refractivity contribution in [2.24, 2.45) is 5.92 Å². The molecule has 6 nitrogen and oxygen atoms in total. The fourth-order valence-corrected chi connectivity index (χ4v) is 2.41. The number of hydrogen-bond donors (Lipinski definition) is 3. The summed E-state index contributed by atoms with van der Waals surface area (Å²) in [6, 6.07) is 8.68. The highest BCUT2D eigenvalue weighted by molar-refractivity contribution is 6.08. The molecule has 0 atom stereocenters. The van der Waals surface area contributed by atoms with E-state index in [9.17, 15) is 9.59 Å². The zero-order valence-electron chi connectivity index (χ0n) is 15.4. The molecule has 2 amide bonds. The first kappa shape index (κ1) is 18.7. The van der Waals surface area contributed by atoms with Gasteiger partial charge in [0.15, 0.2) is 5.69 Å². The molecule has 2 rings (SSSR count). The van der Waals surface area contributed by atoms with Crippen LogP contribution in [-0.4, -0.2) is 27.6 Å². The van der Waals surface area contributed by atoms with Gasteiger partial charge in [0.2, 0.25) is 0 Å². The standard InChI is InChI=1S/C19H26N4O2/c1-12(2)10-13-11-16(23-22-13)18(25)20-15-9-7-6-8-14(15)17(24)21-19(3,4)5/h6-9,11-12H,10H2,1-5H3,(H,20,25)(H,21,24)(H,22,23). The van der Waals surface area contributed by atoms with Gasteiger partial charge in [-0.05, 0) is 51.3 Å². The van der Waals surface area contributed by atoms with Gasteiger partial charge in [0.05, 0.1) is 11.3 Å². The molecule has 3 N–H and O–H groups in total. The summed E-state index contributed by atoms with van der Waals surface area (Å²) in [6.45, 7) is 9.93. The minimum absolute atomic E-state index is 0.231. The van der Waals surface area contributed by atoms with Gasteiger partial charge in [-0.15, -0.1) is 0 Å². The van der Waals surface area contributed by atoms with E-state index in [0.717, 1.165) is 12.1 Å². The second-order valence-electron chi connectivity index (χ2n) is 7.58. The summed E-state index contributed by atoms with van der Waals surface area (Å²) in [5, 5.41) is 12.6. The molecule has 0 radical (unpaired) electrons. The Morgan fingerprint density at radius 1 is 1.16 bits per heavy atom. The first-order valence-electron chi connectivity index (χ1n) is 8.43. The number of rotatable bonds is 5. The number of nitrogens with zero attached hydrogens (tertiary/aromatic N) is 1. The van der Waals surface area contributed by atoms with Crippen LogP contribution in [0, 0.1) is 5.92 Å². The second-order valence-corrected chi connectivity index (χ2v) is 7.58. The molecule has 0 fully saturated rings. The van der Waals surface area contributed by atoms with Gasteiger partial charge in [-0.1, -0.05) is 26.0 Å². The molecule has 1 aromatic carbocycles. The number of aromatic amines is 1. The third-order valence-corrected chi connectivity index (χ3v) is 3.40. The van der Waals surface area contributed by atoms with Gasteiger partial charge < -0.3 is 10.6 Å². The topological polar surface area (TPSA) is 86.9 Å². The third-order valence-electron chi connectivity index (χ3n) is 3.40. The minimum Gasteiger partial charge on any atom is -0.347 e. The zero-order valence-corrected chi connectivity index (χ0v) is 15.4. The summed E-state index contributed by atoms with van der Waals surface area (Å²) in [4.78, 5) is 24.9. The molecule has 0 saturated carbocycles. The Hall–Kier alpha value is -2.63. The Labute approximate surface area is 148 Å². The van der Waals surface area contributed by atoms with Crippen molar-refractivity contribution in [3.05, 3.63) is 47.3 Å². The second kappa shape index (κ2) is 7.51. The Morgan fingerprint density at radius 2 is 1.84 bits per heavy atom. The van der Waals surface area contributed by atoms with Crippen LogP contribution in [0.1, 0.15) is 61.2 Å². The van der Waals surface area contributed by atoms with Crippen LogP contribution in [-0.2, 0) is 6.42 Å². The molecule has 134 valence electrons. The molecular weight excluding hydrogens is 316 g/mol. The van der Waals surface area contributed by atoms with Crippen molar-refractivity contribution in [2.75, 3.05) is 5.32 Å².